The molecule has 0 radical (unpaired) electrons. The fourth-order valence-corrected chi connectivity index (χ4v) is 4.36. The summed E-state index contributed by atoms with van der Waals surface area (Å²) in [5.41, 5.74) is 2.06. The molecule has 25 heavy (non-hydrogen) atoms. The minimum Gasteiger partial charge on any atom is -0.485 e. The SMILES string of the molecule is Cc1cc(Cl)cc2sc(=NC(=O)C3COc4ccccc4O3)n(C)c12. The lowest BCUT2D eigenvalue weighted by Crippen LogP contribution is -2.36. The third kappa shape index (κ3) is 2.92. The molecular formula is C18H15ClN2O3S. The van der Waals surface area contributed by atoms with Crippen LogP contribution in [0.15, 0.2) is 41.4 Å². The molecule has 1 amide bonds. The van der Waals surface area contributed by atoms with Crippen LogP contribution < -0.4 is 14.3 Å². The van der Waals surface area contributed by atoms with Crippen LogP contribution in [0.3, 0.4) is 0 Å². The molecule has 0 N–H and O–H groups in total. The predicted octanol–water partition coefficient (Wildman–Crippen LogP) is 3.47. The van der Waals surface area contributed by atoms with Crippen LogP contribution >= 0.6 is 22.9 Å². The summed E-state index contributed by atoms with van der Waals surface area (Å²) in [4.78, 5) is 17.4. The Hall–Kier alpha value is -2.31. The lowest BCUT2D eigenvalue weighted by molar-refractivity contribution is -0.127. The third-order valence-electron chi connectivity index (χ3n) is 4.04. The van der Waals surface area contributed by atoms with Crippen molar-refractivity contribution < 1.29 is 14.3 Å². The van der Waals surface area contributed by atoms with Crippen molar-refractivity contribution in [2.24, 2.45) is 12.0 Å². The summed E-state index contributed by atoms with van der Waals surface area (Å²) in [5.74, 6) is 0.843. The highest BCUT2D eigenvalue weighted by atomic mass is 35.5. The van der Waals surface area contributed by atoms with Crippen LogP contribution in [0.4, 0.5) is 0 Å². The van der Waals surface area contributed by atoms with Gasteiger partial charge in [0.1, 0.15) is 6.61 Å². The predicted molar refractivity (Wildman–Crippen MR) is 97.5 cm³/mol. The van der Waals surface area contributed by atoms with Gasteiger partial charge in [-0.1, -0.05) is 35.1 Å². The number of hydrogen-bond acceptors (Lipinski definition) is 4. The number of rotatable bonds is 1. The van der Waals surface area contributed by atoms with E-state index in [1.165, 1.54) is 11.3 Å². The van der Waals surface area contributed by atoms with Crippen LogP contribution in [-0.2, 0) is 11.8 Å². The molecular weight excluding hydrogens is 360 g/mol. The molecule has 1 aliphatic rings. The van der Waals surface area contributed by atoms with Crippen LogP contribution in [0.1, 0.15) is 5.56 Å². The molecule has 4 rings (SSSR count). The van der Waals surface area contributed by atoms with Crippen molar-refractivity contribution in [2.75, 3.05) is 6.61 Å². The first kappa shape index (κ1) is 16.2. The Morgan fingerprint density at radius 1 is 1.32 bits per heavy atom. The second kappa shape index (κ2) is 6.20. The van der Waals surface area contributed by atoms with Gasteiger partial charge in [0, 0.05) is 12.1 Å². The van der Waals surface area contributed by atoms with Crippen LogP contribution in [0, 0.1) is 6.92 Å². The van der Waals surface area contributed by atoms with Crippen molar-refractivity contribution in [3.8, 4) is 11.5 Å². The fraction of sp³-hybridized carbons (Fsp3) is 0.222. The maximum absolute atomic E-state index is 12.6. The molecule has 0 aliphatic carbocycles. The summed E-state index contributed by atoms with van der Waals surface area (Å²) in [6.45, 7) is 2.14. The number of aryl methyl sites for hydroxylation is 2. The smallest absolute Gasteiger partial charge is 0.292 e. The average Bonchev–Trinajstić information content (AvgIpc) is 2.90. The molecule has 2 heterocycles. The largest absolute Gasteiger partial charge is 0.485 e. The van der Waals surface area contributed by atoms with Gasteiger partial charge in [0.2, 0.25) is 6.10 Å². The normalized spacial score (nSPS) is 17.1. The summed E-state index contributed by atoms with van der Waals surface area (Å²) < 4.78 is 14.2. The zero-order valence-electron chi connectivity index (χ0n) is 13.7. The minimum atomic E-state index is -0.746. The zero-order chi connectivity index (χ0) is 17.6. The highest BCUT2D eigenvalue weighted by Crippen LogP contribution is 2.31. The van der Waals surface area contributed by atoms with E-state index in [1.807, 2.05) is 48.9 Å². The first-order valence-corrected chi connectivity index (χ1v) is 8.95. The van der Waals surface area contributed by atoms with Crippen molar-refractivity contribution in [1.82, 2.24) is 4.57 Å². The highest BCUT2D eigenvalue weighted by molar-refractivity contribution is 7.16. The molecule has 2 aromatic carbocycles. The number of amides is 1. The third-order valence-corrected chi connectivity index (χ3v) is 5.34. The molecule has 128 valence electrons. The van der Waals surface area contributed by atoms with E-state index in [2.05, 4.69) is 4.99 Å². The van der Waals surface area contributed by atoms with Crippen molar-refractivity contribution in [3.63, 3.8) is 0 Å². The molecule has 0 spiro atoms. The molecule has 3 aromatic rings. The molecule has 7 heteroatoms. The standard InChI is InChI=1S/C18H15ClN2O3S/c1-10-7-11(19)8-15-16(10)21(2)18(25-15)20-17(22)14-9-23-12-5-3-4-6-13(12)24-14/h3-8,14H,9H2,1-2H3. The summed E-state index contributed by atoms with van der Waals surface area (Å²) in [6.07, 6.45) is -0.746. The first-order valence-electron chi connectivity index (χ1n) is 7.75. The van der Waals surface area contributed by atoms with Gasteiger partial charge in [-0.25, -0.2) is 0 Å². The maximum atomic E-state index is 12.6. The fourth-order valence-electron chi connectivity index (χ4n) is 2.88. The molecule has 5 nitrogen and oxygen atoms in total. The van der Waals surface area contributed by atoms with Gasteiger partial charge in [0.25, 0.3) is 5.91 Å². The van der Waals surface area contributed by atoms with Gasteiger partial charge in [0.05, 0.1) is 10.2 Å². The zero-order valence-corrected chi connectivity index (χ0v) is 15.2. The van der Waals surface area contributed by atoms with Crippen molar-refractivity contribution in [3.05, 3.63) is 51.8 Å². The van der Waals surface area contributed by atoms with E-state index in [1.54, 1.807) is 6.07 Å². The van der Waals surface area contributed by atoms with Gasteiger partial charge in [-0.05, 0) is 36.8 Å². The average molecular weight is 375 g/mol. The molecule has 0 bridgehead atoms. The van der Waals surface area contributed by atoms with E-state index < -0.39 is 6.10 Å². The number of carbonyl (C=O) groups excluding carboxylic acids is 1. The number of aromatic nitrogens is 1. The number of thiazole rings is 1. The van der Waals surface area contributed by atoms with Crippen LogP contribution in [-0.4, -0.2) is 23.2 Å². The Bertz CT molecular complexity index is 1050. The van der Waals surface area contributed by atoms with Crippen molar-refractivity contribution in [2.45, 2.75) is 13.0 Å². The number of benzene rings is 2. The number of hydrogen-bond donors (Lipinski definition) is 0. The lowest BCUT2D eigenvalue weighted by Gasteiger charge is -2.23. The summed E-state index contributed by atoms with van der Waals surface area (Å²) in [5, 5.41) is 0.672. The summed E-state index contributed by atoms with van der Waals surface area (Å²) >= 11 is 7.55. The molecule has 1 atom stereocenters. The minimum absolute atomic E-state index is 0.152. The number of fused-ring (bicyclic) bond motifs is 2. The maximum Gasteiger partial charge on any atom is 0.292 e. The van der Waals surface area contributed by atoms with Crippen LogP contribution in [0.2, 0.25) is 5.02 Å². The Labute approximate surface area is 153 Å². The van der Waals surface area contributed by atoms with E-state index >= 15 is 0 Å². The quantitative estimate of drug-likeness (QED) is 0.655. The Morgan fingerprint density at radius 2 is 2.08 bits per heavy atom. The van der Waals surface area contributed by atoms with Crippen molar-refractivity contribution in [1.29, 1.82) is 0 Å². The van der Waals surface area contributed by atoms with Crippen molar-refractivity contribution >= 4 is 39.1 Å². The summed E-state index contributed by atoms with van der Waals surface area (Å²) in [7, 11) is 1.89. The first-order chi connectivity index (χ1) is 12.0. The highest BCUT2D eigenvalue weighted by Gasteiger charge is 2.27. The number of halogens is 1. The van der Waals surface area contributed by atoms with Gasteiger partial charge < -0.3 is 14.0 Å². The van der Waals surface area contributed by atoms with Gasteiger partial charge in [-0.15, -0.1) is 0 Å². The van der Waals surface area contributed by atoms with Gasteiger partial charge in [-0.3, -0.25) is 4.79 Å². The van der Waals surface area contributed by atoms with E-state index in [4.69, 9.17) is 21.1 Å². The Balaban J connectivity index is 1.70. The number of nitrogens with zero attached hydrogens (tertiary/aromatic N) is 2. The lowest BCUT2D eigenvalue weighted by atomic mass is 10.2. The second-order valence-corrected chi connectivity index (χ2v) is 7.27. The number of para-hydroxylation sites is 2. The summed E-state index contributed by atoms with van der Waals surface area (Å²) in [6, 6.07) is 11.1. The number of ether oxygens (including phenoxy) is 2. The van der Waals surface area contributed by atoms with Crippen LogP contribution in [0.5, 0.6) is 11.5 Å². The van der Waals surface area contributed by atoms with Gasteiger partial charge in [0.15, 0.2) is 16.3 Å². The van der Waals surface area contributed by atoms with E-state index in [0.29, 0.717) is 21.3 Å². The second-order valence-electron chi connectivity index (χ2n) is 5.83. The van der Waals surface area contributed by atoms with E-state index in [0.717, 1.165) is 15.8 Å². The molecule has 0 fully saturated rings. The number of carbonyl (C=O) groups is 1. The monoisotopic (exact) mass is 374 g/mol. The molecule has 0 saturated carbocycles. The Kier molecular flexibility index (Phi) is 4.01. The van der Waals surface area contributed by atoms with E-state index in [9.17, 15) is 4.79 Å². The Morgan fingerprint density at radius 3 is 2.88 bits per heavy atom. The molecule has 1 unspecified atom stereocenters. The van der Waals surface area contributed by atoms with Crippen LogP contribution in [0.25, 0.3) is 10.2 Å². The molecule has 1 aliphatic heterocycles. The van der Waals surface area contributed by atoms with E-state index in [-0.39, 0.29) is 12.5 Å². The van der Waals surface area contributed by atoms with Gasteiger partial charge in [-0.2, -0.15) is 4.99 Å². The molecule has 1 aromatic heterocycles. The van der Waals surface area contributed by atoms with Gasteiger partial charge >= 0.3 is 0 Å². The molecule has 0 saturated heterocycles. The topological polar surface area (TPSA) is 52.8 Å².